The largest absolute Gasteiger partial charge is 0.473 e. The molecule has 1 aromatic heterocycles. The van der Waals surface area contributed by atoms with Crippen LogP contribution in [0.25, 0.3) is 0 Å². The van der Waals surface area contributed by atoms with Gasteiger partial charge in [-0.25, -0.2) is 0 Å². The number of pyridine rings is 1. The average Bonchev–Trinajstić information content (AvgIpc) is 2.32. The number of piperidine rings is 3. The van der Waals surface area contributed by atoms with E-state index in [1.54, 1.807) is 12.4 Å². The summed E-state index contributed by atoms with van der Waals surface area (Å²) in [6, 6.07) is 3.90. The van der Waals surface area contributed by atoms with Gasteiger partial charge in [-0.2, -0.15) is 0 Å². The van der Waals surface area contributed by atoms with Crippen LogP contribution in [-0.4, -0.2) is 29.2 Å². The molecule has 3 heteroatoms. The Balaban J connectivity index is 1.69. The Morgan fingerprint density at radius 3 is 2.80 bits per heavy atom. The van der Waals surface area contributed by atoms with Gasteiger partial charge in [0.25, 0.3) is 0 Å². The van der Waals surface area contributed by atoms with E-state index in [1.165, 1.54) is 32.4 Å². The summed E-state index contributed by atoms with van der Waals surface area (Å²) in [5, 5.41) is 0. The minimum atomic E-state index is 0.293. The first-order valence-electron chi connectivity index (χ1n) is 5.72. The summed E-state index contributed by atoms with van der Waals surface area (Å²) < 4.78 is 5.95. The summed E-state index contributed by atoms with van der Waals surface area (Å²) in [6.45, 7) is 2.41. The van der Waals surface area contributed by atoms with Crippen LogP contribution in [0, 0.1) is 5.92 Å². The Morgan fingerprint density at radius 2 is 2.20 bits per heavy atom. The van der Waals surface area contributed by atoms with E-state index in [-0.39, 0.29) is 0 Å². The predicted molar refractivity (Wildman–Crippen MR) is 57.6 cm³/mol. The second-order valence-corrected chi connectivity index (χ2v) is 4.48. The molecular formula is C12H16N2O. The fourth-order valence-electron chi connectivity index (χ4n) is 2.61. The maximum atomic E-state index is 5.95. The van der Waals surface area contributed by atoms with Crippen LogP contribution in [0.15, 0.2) is 24.5 Å². The average molecular weight is 204 g/mol. The Bertz CT molecular complexity index is 320. The molecule has 0 N–H and O–H groups in total. The fourth-order valence-corrected chi connectivity index (χ4v) is 2.61. The molecule has 4 rings (SSSR count). The van der Waals surface area contributed by atoms with Crippen LogP contribution < -0.4 is 4.74 Å². The van der Waals surface area contributed by atoms with Crippen molar-refractivity contribution in [3.8, 4) is 5.75 Å². The lowest BCUT2D eigenvalue weighted by molar-refractivity contribution is -0.0607. The summed E-state index contributed by atoms with van der Waals surface area (Å²) in [5.74, 6) is 1.78. The van der Waals surface area contributed by atoms with E-state index < -0.39 is 0 Å². The van der Waals surface area contributed by atoms with Gasteiger partial charge in [0.05, 0.1) is 6.20 Å². The van der Waals surface area contributed by atoms with Gasteiger partial charge >= 0.3 is 0 Å². The van der Waals surface area contributed by atoms with E-state index in [9.17, 15) is 0 Å². The Hall–Kier alpha value is -1.09. The molecule has 3 aliphatic heterocycles. The first-order chi connectivity index (χ1) is 7.42. The van der Waals surface area contributed by atoms with Gasteiger partial charge in [-0.1, -0.05) is 0 Å². The van der Waals surface area contributed by atoms with Crippen molar-refractivity contribution in [2.24, 2.45) is 5.92 Å². The van der Waals surface area contributed by atoms with E-state index >= 15 is 0 Å². The third kappa shape index (κ3) is 1.84. The van der Waals surface area contributed by atoms with Crippen LogP contribution in [0.4, 0.5) is 0 Å². The maximum Gasteiger partial charge on any atom is 0.153 e. The molecule has 0 spiro atoms. The van der Waals surface area contributed by atoms with Crippen molar-refractivity contribution in [3.63, 3.8) is 0 Å². The first-order valence-corrected chi connectivity index (χ1v) is 5.72. The number of hydrogen-bond donors (Lipinski definition) is 0. The highest BCUT2D eigenvalue weighted by Gasteiger charge is 2.34. The van der Waals surface area contributed by atoms with E-state index in [1.807, 2.05) is 12.1 Å². The molecule has 1 unspecified atom stereocenters. The van der Waals surface area contributed by atoms with Gasteiger partial charge < -0.3 is 4.74 Å². The molecule has 1 atom stereocenters. The number of ether oxygens (including phenoxy) is 1. The van der Waals surface area contributed by atoms with Crippen LogP contribution in [0.5, 0.6) is 5.75 Å². The molecule has 3 aliphatic rings. The Labute approximate surface area is 90.1 Å². The lowest BCUT2D eigenvalue weighted by atomic mass is 9.87. The second-order valence-electron chi connectivity index (χ2n) is 4.48. The first kappa shape index (κ1) is 9.16. The topological polar surface area (TPSA) is 25.4 Å². The highest BCUT2D eigenvalue weighted by atomic mass is 16.5. The van der Waals surface area contributed by atoms with Crippen molar-refractivity contribution in [1.29, 1.82) is 0 Å². The molecule has 0 saturated carbocycles. The zero-order valence-corrected chi connectivity index (χ0v) is 8.80. The monoisotopic (exact) mass is 204 g/mol. The number of nitrogens with zero attached hydrogens (tertiary/aromatic N) is 2. The standard InChI is InChI=1S/C12H16N2O/c1-2-11(9-13-5-1)15-12-8-10-3-6-14(12)7-4-10/h1-2,5,9-10,12H,3-4,6-8H2. The normalized spacial score (nSPS) is 34.0. The Morgan fingerprint density at radius 1 is 1.33 bits per heavy atom. The molecule has 0 amide bonds. The molecule has 3 saturated heterocycles. The van der Waals surface area contributed by atoms with Crippen molar-refractivity contribution in [3.05, 3.63) is 24.5 Å². The van der Waals surface area contributed by atoms with Crippen LogP contribution in [0.3, 0.4) is 0 Å². The van der Waals surface area contributed by atoms with Crippen molar-refractivity contribution >= 4 is 0 Å². The van der Waals surface area contributed by atoms with Gasteiger partial charge in [-0.05, 0) is 30.9 Å². The maximum absolute atomic E-state index is 5.95. The van der Waals surface area contributed by atoms with Gasteiger partial charge in [0.1, 0.15) is 5.75 Å². The summed E-state index contributed by atoms with van der Waals surface area (Å²) in [4.78, 5) is 6.52. The molecule has 0 aliphatic carbocycles. The Kier molecular flexibility index (Phi) is 2.33. The SMILES string of the molecule is c1cncc(OC2CC3CCN2CC3)c1. The smallest absolute Gasteiger partial charge is 0.153 e. The van der Waals surface area contributed by atoms with Gasteiger partial charge in [0, 0.05) is 25.7 Å². The van der Waals surface area contributed by atoms with E-state index in [2.05, 4.69) is 9.88 Å². The number of fused-ring (bicyclic) bond motifs is 3. The van der Waals surface area contributed by atoms with Crippen LogP contribution in [-0.2, 0) is 0 Å². The van der Waals surface area contributed by atoms with Gasteiger partial charge in [-0.3, -0.25) is 9.88 Å². The zero-order chi connectivity index (χ0) is 10.1. The van der Waals surface area contributed by atoms with Crippen molar-refractivity contribution in [1.82, 2.24) is 9.88 Å². The van der Waals surface area contributed by atoms with Crippen molar-refractivity contribution in [2.75, 3.05) is 13.1 Å². The number of rotatable bonds is 2. The lowest BCUT2D eigenvalue weighted by Crippen LogP contribution is -2.51. The summed E-state index contributed by atoms with van der Waals surface area (Å²) in [5.41, 5.74) is 0. The molecule has 15 heavy (non-hydrogen) atoms. The summed E-state index contributed by atoms with van der Waals surface area (Å²) in [6.07, 6.45) is 7.76. The molecule has 3 fully saturated rings. The molecule has 4 heterocycles. The predicted octanol–water partition coefficient (Wildman–Crippen LogP) is 1.90. The third-order valence-electron chi connectivity index (χ3n) is 3.50. The molecule has 1 aromatic rings. The lowest BCUT2D eigenvalue weighted by Gasteiger charge is -2.44. The van der Waals surface area contributed by atoms with E-state index in [0.717, 1.165) is 11.7 Å². The zero-order valence-electron chi connectivity index (χ0n) is 8.80. The third-order valence-corrected chi connectivity index (χ3v) is 3.50. The quantitative estimate of drug-likeness (QED) is 0.735. The molecule has 0 aromatic carbocycles. The highest BCUT2D eigenvalue weighted by molar-refractivity contribution is 5.16. The number of aromatic nitrogens is 1. The molecule has 80 valence electrons. The van der Waals surface area contributed by atoms with Crippen molar-refractivity contribution < 1.29 is 4.74 Å². The minimum absolute atomic E-state index is 0.293. The molecule has 3 nitrogen and oxygen atoms in total. The second kappa shape index (κ2) is 3.81. The van der Waals surface area contributed by atoms with Gasteiger partial charge in [0.2, 0.25) is 0 Å². The van der Waals surface area contributed by atoms with Gasteiger partial charge in [-0.15, -0.1) is 0 Å². The minimum Gasteiger partial charge on any atom is -0.473 e. The van der Waals surface area contributed by atoms with E-state index in [4.69, 9.17) is 4.74 Å². The van der Waals surface area contributed by atoms with Crippen molar-refractivity contribution in [2.45, 2.75) is 25.5 Å². The molecule has 2 bridgehead atoms. The number of hydrogen-bond acceptors (Lipinski definition) is 3. The summed E-state index contributed by atoms with van der Waals surface area (Å²) in [7, 11) is 0. The van der Waals surface area contributed by atoms with Crippen LogP contribution in [0.1, 0.15) is 19.3 Å². The van der Waals surface area contributed by atoms with E-state index in [0.29, 0.717) is 6.23 Å². The molecule has 0 radical (unpaired) electrons. The van der Waals surface area contributed by atoms with Crippen LogP contribution >= 0.6 is 0 Å². The summed E-state index contributed by atoms with van der Waals surface area (Å²) >= 11 is 0. The highest BCUT2D eigenvalue weighted by Crippen LogP contribution is 2.32. The molecular weight excluding hydrogens is 188 g/mol. The fraction of sp³-hybridized carbons (Fsp3) is 0.583. The van der Waals surface area contributed by atoms with Crippen LogP contribution in [0.2, 0.25) is 0 Å². The van der Waals surface area contributed by atoms with Gasteiger partial charge in [0.15, 0.2) is 6.23 Å².